The van der Waals surface area contributed by atoms with Gasteiger partial charge in [-0.3, -0.25) is 4.79 Å². The fourth-order valence-electron chi connectivity index (χ4n) is 2.88. The molecule has 4 rings (SSSR count). The number of hydrogen-bond donors (Lipinski definition) is 1. The van der Waals surface area contributed by atoms with Gasteiger partial charge in [0.25, 0.3) is 0 Å². The maximum atomic E-state index is 12.6. The lowest BCUT2D eigenvalue weighted by Gasteiger charge is -2.26. The van der Waals surface area contributed by atoms with Crippen LogP contribution in [0, 0.1) is 0 Å². The van der Waals surface area contributed by atoms with Crippen LogP contribution in [0.2, 0.25) is 0 Å². The summed E-state index contributed by atoms with van der Waals surface area (Å²) in [6, 6.07) is 14.1. The van der Waals surface area contributed by atoms with Crippen LogP contribution in [-0.4, -0.2) is 55.7 Å². The van der Waals surface area contributed by atoms with Crippen molar-refractivity contribution >= 4 is 54.9 Å². The molecule has 1 aliphatic heterocycles. The van der Waals surface area contributed by atoms with E-state index in [0.717, 1.165) is 14.6 Å². The number of sulfonamides is 1. The Bertz CT molecular complexity index is 1070. The highest BCUT2D eigenvalue weighted by atomic mass is 32.2. The highest BCUT2D eigenvalue weighted by molar-refractivity contribution is 8.01. The molecule has 0 unspecified atom stereocenters. The highest BCUT2D eigenvalue weighted by Gasteiger charge is 2.26. The quantitative estimate of drug-likeness (QED) is 0.582. The first-order chi connectivity index (χ1) is 14.0. The zero-order valence-corrected chi connectivity index (χ0v) is 17.9. The van der Waals surface area contributed by atoms with E-state index in [1.165, 1.54) is 28.2 Å². The van der Waals surface area contributed by atoms with Crippen LogP contribution in [-0.2, 0) is 19.6 Å². The second-order valence-corrected chi connectivity index (χ2v) is 10.5. The molecule has 1 N–H and O–H groups in total. The van der Waals surface area contributed by atoms with E-state index in [2.05, 4.69) is 10.3 Å². The van der Waals surface area contributed by atoms with Crippen LogP contribution >= 0.6 is 23.1 Å². The minimum Gasteiger partial charge on any atom is -0.379 e. The predicted octanol–water partition coefficient (Wildman–Crippen LogP) is 3.05. The number of rotatable bonds is 6. The molecule has 2 heterocycles. The number of amides is 1. The molecule has 0 aliphatic carbocycles. The van der Waals surface area contributed by atoms with Crippen LogP contribution in [0.25, 0.3) is 10.2 Å². The van der Waals surface area contributed by atoms with E-state index in [-0.39, 0.29) is 16.6 Å². The maximum absolute atomic E-state index is 12.6. The van der Waals surface area contributed by atoms with Gasteiger partial charge in [0, 0.05) is 18.8 Å². The minimum atomic E-state index is -3.54. The van der Waals surface area contributed by atoms with Crippen LogP contribution in [0.15, 0.2) is 57.8 Å². The molecule has 1 aliphatic rings. The van der Waals surface area contributed by atoms with Gasteiger partial charge in [0.2, 0.25) is 15.9 Å². The number of thiazole rings is 1. The molecular formula is C19H19N3O4S3. The number of anilines is 1. The summed E-state index contributed by atoms with van der Waals surface area (Å²) in [5.41, 5.74) is 1.48. The molecule has 0 bridgehead atoms. The van der Waals surface area contributed by atoms with Crippen LogP contribution < -0.4 is 5.32 Å². The number of carbonyl (C=O) groups excluding carboxylic acids is 1. The van der Waals surface area contributed by atoms with Crippen molar-refractivity contribution in [2.45, 2.75) is 9.24 Å². The number of hydrogen-bond acceptors (Lipinski definition) is 7. The molecule has 3 aromatic rings. The first-order valence-electron chi connectivity index (χ1n) is 8.98. The largest absolute Gasteiger partial charge is 0.379 e. The lowest BCUT2D eigenvalue weighted by Crippen LogP contribution is -2.40. The highest BCUT2D eigenvalue weighted by Crippen LogP contribution is 2.29. The monoisotopic (exact) mass is 449 g/mol. The van der Waals surface area contributed by atoms with Gasteiger partial charge in [-0.05, 0) is 36.4 Å². The Labute approximate surface area is 177 Å². The van der Waals surface area contributed by atoms with Crippen molar-refractivity contribution in [3.05, 3.63) is 48.5 Å². The second kappa shape index (κ2) is 8.80. The van der Waals surface area contributed by atoms with Gasteiger partial charge in [-0.15, -0.1) is 11.3 Å². The standard InChI is InChI=1S/C19H19N3O4S3/c23-18(13-27-19-21-16-3-1-2-4-17(16)28-19)20-14-5-7-15(8-6-14)29(24,25)22-9-11-26-12-10-22/h1-8H,9-13H2,(H,20,23). The molecule has 0 saturated carbocycles. The van der Waals surface area contributed by atoms with Crippen molar-refractivity contribution in [2.24, 2.45) is 0 Å². The number of morpholine rings is 1. The number of nitrogens with one attached hydrogen (secondary N) is 1. The number of ether oxygens (including phenoxy) is 1. The lowest BCUT2D eigenvalue weighted by atomic mass is 10.3. The number of carbonyl (C=O) groups is 1. The molecule has 7 nitrogen and oxygen atoms in total. The summed E-state index contributed by atoms with van der Waals surface area (Å²) in [7, 11) is -3.54. The minimum absolute atomic E-state index is 0.168. The summed E-state index contributed by atoms with van der Waals surface area (Å²) >= 11 is 2.94. The smallest absolute Gasteiger partial charge is 0.243 e. The molecule has 2 aromatic carbocycles. The normalized spacial score (nSPS) is 15.4. The van der Waals surface area contributed by atoms with Gasteiger partial charge in [-0.25, -0.2) is 13.4 Å². The van der Waals surface area contributed by atoms with E-state index < -0.39 is 10.0 Å². The lowest BCUT2D eigenvalue weighted by molar-refractivity contribution is -0.113. The third-order valence-corrected chi connectivity index (χ3v) is 8.44. The van der Waals surface area contributed by atoms with Gasteiger partial charge in [0.1, 0.15) is 0 Å². The summed E-state index contributed by atoms with van der Waals surface area (Å²) in [4.78, 5) is 16.9. The van der Waals surface area contributed by atoms with Gasteiger partial charge >= 0.3 is 0 Å². The van der Waals surface area contributed by atoms with E-state index in [1.807, 2.05) is 24.3 Å². The number of benzene rings is 2. The van der Waals surface area contributed by atoms with Crippen LogP contribution in [0.5, 0.6) is 0 Å². The zero-order chi connectivity index (χ0) is 20.3. The predicted molar refractivity (Wildman–Crippen MR) is 115 cm³/mol. The fourth-order valence-corrected chi connectivity index (χ4v) is 6.16. The molecule has 0 spiro atoms. The molecule has 10 heteroatoms. The SMILES string of the molecule is O=C(CSc1nc2ccccc2s1)Nc1ccc(S(=O)(=O)N2CCOCC2)cc1. The Balaban J connectivity index is 1.35. The topological polar surface area (TPSA) is 88.6 Å². The molecule has 0 atom stereocenters. The summed E-state index contributed by atoms with van der Waals surface area (Å²) in [6.45, 7) is 1.51. The fraction of sp³-hybridized carbons (Fsp3) is 0.263. The third kappa shape index (κ3) is 4.78. The molecule has 1 fully saturated rings. The molecule has 1 amide bonds. The zero-order valence-electron chi connectivity index (χ0n) is 15.4. The van der Waals surface area contributed by atoms with Crippen molar-refractivity contribution in [3.63, 3.8) is 0 Å². The molecular weight excluding hydrogens is 430 g/mol. The van der Waals surface area contributed by atoms with Gasteiger partial charge < -0.3 is 10.1 Å². The van der Waals surface area contributed by atoms with Crippen molar-refractivity contribution in [1.29, 1.82) is 0 Å². The average Bonchev–Trinajstić information content (AvgIpc) is 3.16. The Hall–Kier alpha value is -1.98. The summed E-state index contributed by atoms with van der Waals surface area (Å²) in [6.07, 6.45) is 0. The van der Waals surface area contributed by atoms with Gasteiger partial charge in [-0.2, -0.15) is 4.31 Å². The number of nitrogens with zero attached hydrogens (tertiary/aromatic N) is 2. The third-order valence-electron chi connectivity index (χ3n) is 4.35. The van der Waals surface area contributed by atoms with E-state index >= 15 is 0 Å². The average molecular weight is 450 g/mol. The number of aromatic nitrogens is 1. The van der Waals surface area contributed by atoms with Crippen molar-refractivity contribution < 1.29 is 17.9 Å². The number of para-hydroxylation sites is 1. The van der Waals surface area contributed by atoms with Crippen molar-refractivity contribution in [1.82, 2.24) is 9.29 Å². The molecule has 0 radical (unpaired) electrons. The Morgan fingerprint density at radius 2 is 1.86 bits per heavy atom. The Morgan fingerprint density at radius 3 is 2.59 bits per heavy atom. The first-order valence-corrected chi connectivity index (χ1v) is 12.2. The van der Waals surface area contributed by atoms with Crippen LogP contribution in [0.3, 0.4) is 0 Å². The molecule has 1 saturated heterocycles. The van der Waals surface area contributed by atoms with Gasteiger partial charge in [0.15, 0.2) is 4.34 Å². The second-order valence-electron chi connectivity index (χ2n) is 6.33. The molecule has 29 heavy (non-hydrogen) atoms. The van der Waals surface area contributed by atoms with Gasteiger partial charge in [0.05, 0.1) is 34.1 Å². The van der Waals surface area contributed by atoms with E-state index in [9.17, 15) is 13.2 Å². The Morgan fingerprint density at radius 1 is 1.14 bits per heavy atom. The summed E-state index contributed by atoms with van der Waals surface area (Å²) in [5.74, 6) is 0.0613. The van der Waals surface area contributed by atoms with Crippen LogP contribution in [0.1, 0.15) is 0 Å². The van der Waals surface area contributed by atoms with Crippen molar-refractivity contribution in [2.75, 3.05) is 37.4 Å². The van der Waals surface area contributed by atoms with Crippen molar-refractivity contribution in [3.8, 4) is 0 Å². The summed E-state index contributed by atoms with van der Waals surface area (Å²) < 4.78 is 33.8. The summed E-state index contributed by atoms with van der Waals surface area (Å²) in [5, 5.41) is 2.79. The molecule has 152 valence electrons. The number of fused-ring (bicyclic) bond motifs is 1. The molecule has 1 aromatic heterocycles. The number of thioether (sulfide) groups is 1. The van der Waals surface area contributed by atoms with Gasteiger partial charge in [-0.1, -0.05) is 23.9 Å². The van der Waals surface area contributed by atoms with E-state index in [4.69, 9.17) is 4.74 Å². The maximum Gasteiger partial charge on any atom is 0.243 e. The van der Waals surface area contributed by atoms with E-state index in [1.54, 1.807) is 23.5 Å². The Kier molecular flexibility index (Phi) is 6.16. The first kappa shape index (κ1) is 20.3. The van der Waals surface area contributed by atoms with E-state index in [0.29, 0.717) is 32.0 Å². The van der Waals surface area contributed by atoms with Crippen LogP contribution in [0.4, 0.5) is 5.69 Å².